The quantitative estimate of drug-likeness (QED) is 0.361. The molecule has 1 aliphatic heterocycles. The zero-order valence-electron chi connectivity index (χ0n) is 23.4. The smallest absolute Gasteiger partial charge is 0.411 e. The van der Waals surface area contributed by atoms with Crippen molar-refractivity contribution in [2.75, 3.05) is 30.4 Å². The van der Waals surface area contributed by atoms with Crippen molar-refractivity contribution in [1.29, 1.82) is 0 Å². The monoisotopic (exact) mass is 623 g/mol. The fraction of sp³-hybridized carbons (Fsp3) is 0.333. The summed E-state index contributed by atoms with van der Waals surface area (Å²) in [6.07, 6.45) is 6.76. The summed E-state index contributed by atoms with van der Waals surface area (Å²) in [6, 6.07) is 10.6. The molecule has 41 heavy (non-hydrogen) atoms. The summed E-state index contributed by atoms with van der Waals surface area (Å²) in [4.78, 5) is 38.3. The van der Waals surface area contributed by atoms with E-state index in [0.29, 0.717) is 24.5 Å². The number of hydrogen-bond acceptors (Lipinski definition) is 7. The van der Waals surface area contributed by atoms with Gasteiger partial charge in [0, 0.05) is 23.3 Å². The molecule has 2 aromatic carbocycles. The Kier molecular flexibility index (Phi) is 8.83. The van der Waals surface area contributed by atoms with Crippen LogP contribution in [0.15, 0.2) is 53.1 Å². The average molecular weight is 625 g/mol. The number of benzene rings is 2. The van der Waals surface area contributed by atoms with Crippen molar-refractivity contribution in [2.45, 2.75) is 45.4 Å². The van der Waals surface area contributed by atoms with Crippen LogP contribution in [0.5, 0.6) is 5.75 Å². The van der Waals surface area contributed by atoms with Gasteiger partial charge in [0.15, 0.2) is 5.82 Å². The highest BCUT2D eigenvalue weighted by atomic mass is 79.9. The van der Waals surface area contributed by atoms with E-state index >= 15 is 0 Å². The largest absolute Gasteiger partial charge is 0.496 e. The van der Waals surface area contributed by atoms with Crippen molar-refractivity contribution in [2.24, 2.45) is 0 Å². The fourth-order valence-corrected chi connectivity index (χ4v) is 4.86. The summed E-state index contributed by atoms with van der Waals surface area (Å²) >= 11 is 3.52. The lowest BCUT2D eigenvalue weighted by Crippen LogP contribution is -2.59. The third kappa shape index (κ3) is 6.77. The predicted molar refractivity (Wildman–Crippen MR) is 158 cm³/mol. The SMILES string of the molecule is C#C[C@H]1CN(c2cc(Br)ccc2NC(=O)c2ccnc(-c3c(F)cccc3OC)n2)[C@@H](C)CN1C(=O)OC(C)(C)C. The summed E-state index contributed by atoms with van der Waals surface area (Å²) in [6.45, 7) is 8.03. The molecule has 0 radical (unpaired) electrons. The first-order valence-corrected chi connectivity index (χ1v) is 13.7. The number of nitrogens with one attached hydrogen (secondary N) is 1. The van der Waals surface area contributed by atoms with E-state index in [0.717, 1.165) is 4.47 Å². The Balaban J connectivity index is 1.61. The lowest BCUT2D eigenvalue weighted by molar-refractivity contribution is 0.0165. The molecular formula is C30H31BrFN5O4. The van der Waals surface area contributed by atoms with Crippen LogP contribution < -0.4 is 15.0 Å². The number of terminal acetylenes is 1. The first kappa shape index (κ1) is 29.8. The number of piperazine rings is 1. The molecule has 4 rings (SSSR count). The van der Waals surface area contributed by atoms with Crippen LogP contribution in [-0.2, 0) is 4.74 Å². The standard InChI is InChI=1S/C30H31BrFN5O4/c1-7-20-17-36(18(2)16-37(20)29(39)41-30(3,4)5)24-15-19(31)11-12-22(24)35-28(38)23-13-14-33-27(34-23)26-21(32)9-8-10-25(26)40-6/h1,8-15,18,20H,16-17H2,2-6H3,(H,35,38)/t18-,20-/m0/s1. The number of carbonyl (C=O) groups is 2. The maximum absolute atomic E-state index is 14.6. The van der Waals surface area contributed by atoms with Gasteiger partial charge in [-0.15, -0.1) is 6.42 Å². The van der Waals surface area contributed by atoms with Crippen molar-refractivity contribution < 1.29 is 23.5 Å². The molecule has 0 bridgehead atoms. The van der Waals surface area contributed by atoms with E-state index in [1.54, 1.807) is 43.9 Å². The number of carbonyl (C=O) groups excluding carboxylic acids is 2. The van der Waals surface area contributed by atoms with Crippen LogP contribution in [0, 0.1) is 18.2 Å². The third-order valence-corrected chi connectivity index (χ3v) is 6.88. The van der Waals surface area contributed by atoms with Crippen LogP contribution >= 0.6 is 15.9 Å². The normalized spacial score (nSPS) is 17.0. The van der Waals surface area contributed by atoms with Gasteiger partial charge in [-0.1, -0.05) is 27.9 Å². The van der Waals surface area contributed by atoms with Gasteiger partial charge in [0.05, 0.1) is 30.6 Å². The molecule has 1 N–H and O–H groups in total. The van der Waals surface area contributed by atoms with E-state index in [9.17, 15) is 14.0 Å². The minimum atomic E-state index is -0.656. The highest BCUT2D eigenvalue weighted by Crippen LogP contribution is 2.34. The Hall–Kier alpha value is -4.17. The Morgan fingerprint density at radius 3 is 2.63 bits per heavy atom. The van der Waals surface area contributed by atoms with Gasteiger partial charge in [-0.25, -0.2) is 19.2 Å². The number of hydrogen-bond donors (Lipinski definition) is 1. The molecule has 2 amide bonds. The van der Waals surface area contributed by atoms with Crippen LogP contribution in [0.3, 0.4) is 0 Å². The first-order valence-electron chi connectivity index (χ1n) is 12.9. The van der Waals surface area contributed by atoms with Crippen molar-refractivity contribution in [3.05, 3.63) is 64.6 Å². The van der Waals surface area contributed by atoms with Gasteiger partial charge >= 0.3 is 6.09 Å². The van der Waals surface area contributed by atoms with Crippen LogP contribution in [0.4, 0.5) is 20.6 Å². The van der Waals surface area contributed by atoms with E-state index < -0.39 is 29.5 Å². The van der Waals surface area contributed by atoms with Gasteiger partial charge < -0.3 is 19.7 Å². The Morgan fingerprint density at radius 2 is 1.95 bits per heavy atom. The number of anilines is 2. The lowest BCUT2D eigenvalue weighted by atomic mass is 10.1. The van der Waals surface area contributed by atoms with Crippen LogP contribution in [-0.4, -0.2) is 64.8 Å². The van der Waals surface area contributed by atoms with Gasteiger partial charge in [-0.05, 0) is 64.1 Å². The maximum atomic E-state index is 14.6. The third-order valence-electron chi connectivity index (χ3n) is 6.38. The molecule has 214 valence electrons. The summed E-state index contributed by atoms with van der Waals surface area (Å²) in [5, 5.41) is 2.92. The van der Waals surface area contributed by atoms with Crippen molar-refractivity contribution in [1.82, 2.24) is 14.9 Å². The number of aromatic nitrogens is 2. The number of amides is 2. The Morgan fingerprint density at radius 1 is 1.20 bits per heavy atom. The second kappa shape index (κ2) is 12.1. The van der Waals surface area contributed by atoms with Gasteiger partial charge in [0.1, 0.15) is 28.9 Å². The van der Waals surface area contributed by atoms with Gasteiger partial charge in [-0.3, -0.25) is 9.69 Å². The molecule has 3 aromatic rings. The zero-order valence-corrected chi connectivity index (χ0v) is 25.0. The van der Waals surface area contributed by atoms with Crippen LogP contribution in [0.25, 0.3) is 11.4 Å². The molecule has 0 spiro atoms. The molecule has 2 atom stereocenters. The van der Waals surface area contributed by atoms with Crippen LogP contribution in [0.2, 0.25) is 0 Å². The topological polar surface area (TPSA) is 96.9 Å². The summed E-state index contributed by atoms with van der Waals surface area (Å²) in [7, 11) is 1.42. The van der Waals surface area contributed by atoms with E-state index in [4.69, 9.17) is 15.9 Å². The molecule has 0 unspecified atom stereocenters. The molecule has 2 heterocycles. The molecule has 9 nitrogen and oxygen atoms in total. The molecular weight excluding hydrogens is 593 g/mol. The lowest BCUT2D eigenvalue weighted by Gasteiger charge is -2.45. The summed E-state index contributed by atoms with van der Waals surface area (Å²) < 4.78 is 26.3. The van der Waals surface area contributed by atoms with E-state index in [2.05, 4.69) is 37.1 Å². The molecule has 0 saturated carbocycles. The average Bonchev–Trinajstić information content (AvgIpc) is 2.92. The molecule has 1 aliphatic rings. The number of methoxy groups -OCH3 is 1. The number of ether oxygens (including phenoxy) is 2. The Labute approximate surface area is 247 Å². The van der Waals surface area contributed by atoms with E-state index in [1.807, 2.05) is 17.9 Å². The molecule has 1 fully saturated rings. The predicted octanol–water partition coefficient (Wildman–Crippen LogP) is 5.75. The van der Waals surface area contributed by atoms with E-state index in [1.165, 1.54) is 31.5 Å². The summed E-state index contributed by atoms with van der Waals surface area (Å²) in [5.41, 5.74) is 0.658. The fourth-order valence-electron chi connectivity index (χ4n) is 4.51. The number of nitrogens with zero attached hydrogens (tertiary/aromatic N) is 4. The second-order valence-electron chi connectivity index (χ2n) is 10.5. The minimum Gasteiger partial charge on any atom is -0.496 e. The van der Waals surface area contributed by atoms with E-state index in [-0.39, 0.29) is 28.9 Å². The first-order chi connectivity index (χ1) is 19.4. The molecule has 0 aliphatic carbocycles. The Bertz CT molecular complexity index is 1500. The van der Waals surface area contributed by atoms with Crippen molar-refractivity contribution in [3.8, 4) is 29.5 Å². The number of halogens is 2. The van der Waals surface area contributed by atoms with Crippen molar-refractivity contribution >= 4 is 39.3 Å². The highest BCUT2D eigenvalue weighted by Gasteiger charge is 2.37. The van der Waals surface area contributed by atoms with Gasteiger partial charge in [0.25, 0.3) is 5.91 Å². The molecule has 1 aromatic heterocycles. The van der Waals surface area contributed by atoms with Crippen LogP contribution in [0.1, 0.15) is 38.2 Å². The highest BCUT2D eigenvalue weighted by molar-refractivity contribution is 9.10. The van der Waals surface area contributed by atoms with Gasteiger partial charge in [-0.2, -0.15) is 0 Å². The number of rotatable bonds is 5. The molecule has 1 saturated heterocycles. The van der Waals surface area contributed by atoms with Gasteiger partial charge in [0.2, 0.25) is 0 Å². The van der Waals surface area contributed by atoms with Crippen molar-refractivity contribution in [3.63, 3.8) is 0 Å². The maximum Gasteiger partial charge on any atom is 0.411 e. The zero-order chi connectivity index (χ0) is 29.9. The molecule has 11 heteroatoms. The minimum absolute atomic E-state index is 0.0207. The summed E-state index contributed by atoms with van der Waals surface area (Å²) in [5.74, 6) is 1.89. The second-order valence-corrected chi connectivity index (χ2v) is 11.4.